The molecule has 0 heterocycles. The van der Waals surface area contributed by atoms with E-state index in [-0.39, 0.29) is 0 Å². The number of alkyl halides is 1. The van der Waals surface area contributed by atoms with Gasteiger partial charge in [0.25, 0.3) is 0 Å². The monoisotopic (exact) mass is 314 g/mol. The summed E-state index contributed by atoms with van der Waals surface area (Å²) in [6.45, 7) is 2.21. The fourth-order valence-corrected chi connectivity index (χ4v) is 0. The van der Waals surface area contributed by atoms with E-state index in [1.165, 1.54) is 0 Å². The van der Waals surface area contributed by atoms with Crippen LogP contribution in [-0.4, -0.2) is 3.67 Å². The summed E-state index contributed by atoms with van der Waals surface area (Å²) in [5.41, 5.74) is 0. The number of rotatable bonds is 1. The predicted molar refractivity (Wildman–Crippen MR) is 45.8 cm³/mol. The van der Waals surface area contributed by atoms with Crippen molar-refractivity contribution in [2.75, 3.05) is 0 Å². The van der Waals surface area contributed by atoms with E-state index in [4.69, 9.17) is 0 Å². The van der Waals surface area contributed by atoms with Crippen LogP contribution in [0.1, 0.15) is 6.92 Å². The van der Waals surface area contributed by atoms with E-state index in [0.717, 1.165) is 9.89 Å². The van der Waals surface area contributed by atoms with Crippen LogP contribution < -0.4 is 0 Å². The molecule has 0 fully saturated rings. The molecule has 0 bridgehead atoms. The Morgan fingerprint density at radius 2 is 2.00 bits per heavy atom. The smallest absolute Gasteiger partial charge is 0.0346 e. The molecule has 5 heavy (non-hydrogen) atoms. The Morgan fingerprint density at radius 3 is 2.00 bits per heavy atom. The summed E-state index contributed by atoms with van der Waals surface area (Å²) in [5.74, 6) is 0. The summed E-state index contributed by atoms with van der Waals surface area (Å²) < 4.78 is 0.869. The summed E-state index contributed by atoms with van der Waals surface area (Å²) in [7, 11) is 0. The van der Waals surface area contributed by atoms with Gasteiger partial charge in [0.15, 0.2) is 0 Å². The highest BCUT2D eigenvalue weighted by molar-refractivity contribution is 14.2. The van der Waals surface area contributed by atoms with Gasteiger partial charge in [-0.25, -0.2) is 0 Å². The highest BCUT2D eigenvalue weighted by Crippen LogP contribution is 2.31. The topological polar surface area (TPSA) is 0 Å². The molecule has 0 saturated carbocycles. The molecule has 0 aromatic carbocycles. The van der Waals surface area contributed by atoms with Gasteiger partial charge in [0.1, 0.15) is 0 Å². The van der Waals surface area contributed by atoms with Gasteiger partial charge in [0, 0.05) is 3.67 Å². The molecule has 0 nitrogen and oxygen atoms in total. The minimum Gasteiger partial charge on any atom is -0.0773 e. The molecule has 0 radical (unpaired) electrons. The zero-order valence-corrected chi connectivity index (χ0v) is 8.15. The minimum absolute atomic E-state index is 0.869. The van der Waals surface area contributed by atoms with E-state index in [9.17, 15) is 0 Å². The number of hydrogen-bond acceptors (Lipinski definition) is 0. The Bertz CT molecular complexity index is 21.6. The lowest BCUT2D eigenvalue weighted by atomic mass is 11.0. The molecule has 2 unspecified atom stereocenters. The maximum atomic E-state index is 2.41. The molecule has 0 aromatic heterocycles. The van der Waals surface area contributed by atoms with Crippen LogP contribution >= 0.6 is 50.9 Å². The first-order chi connectivity index (χ1) is 2.27. The van der Waals surface area contributed by atoms with Crippen LogP contribution in [-0.2, 0) is 0 Å². The zero-order valence-electron chi connectivity index (χ0n) is 2.83. The first-order valence-corrected chi connectivity index (χ1v) is 6.71. The molecule has 2 atom stereocenters. The largest absolute Gasteiger partial charge is 0.0773 e. The van der Waals surface area contributed by atoms with E-state index in [2.05, 4.69) is 51.6 Å². The van der Waals surface area contributed by atoms with Gasteiger partial charge in [-0.2, -0.15) is 0 Å². The molecule has 32 valence electrons. The van der Waals surface area contributed by atoms with Crippen molar-refractivity contribution >= 4 is 50.9 Å². The van der Waals surface area contributed by atoms with E-state index < -0.39 is 0 Å². The van der Waals surface area contributed by atoms with E-state index >= 15 is 0 Å². The molecule has 3 heteroatoms. The van der Waals surface area contributed by atoms with Gasteiger partial charge in [-0.1, -0.05) is 44.6 Å². The van der Waals surface area contributed by atoms with Gasteiger partial charge in [-0.05, 0) is 13.1 Å². The molecule has 0 aliphatic rings. The third-order valence-electron chi connectivity index (χ3n) is 0.150. The minimum atomic E-state index is 0.869. The Kier molecular flexibility index (Phi) is 5.59. The molecule has 0 rings (SSSR count). The Morgan fingerprint density at radius 1 is 1.80 bits per heavy atom. The van der Waals surface area contributed by atoms with Crippen molar-refractivity contribution in [2.45, 2.75) is 10.6 Å². The van der Waals surface area contributed by atoms with Crippen LogP contribution in [0, 0.1) is 0 Å². The summed E-state index contributed by atoms with van der Waals surface area (Å²) >= 11 is 4.81. The van der Waals surface area contributed by atoms with Crippen LogP contribution in [0.15, 0.2) is 0 Å². The highest BCUT2D eigenvalue weighted by atomic mass is 127. The standard InChI is InChI=1S/C2H5I2P/c1-2(3)5-4/h2,5H,1H3. The van der Waals surface area contributed by atoms with Crippen LogP contribution in [0.25, 0.3) is 0 Å². The molecule has 0 spiro atoms. The van der Waals surface area contributed by atoms with Gasteiger partial charge in [-0.15, -0.1) is 0 Å². The van der Waals surface area contributed by atoms with Crippen molar-refractivity contribution in [3.05, 3.63) is 0 Å². The molecule has 0 saturated heterocycles. The number of hydrogen-bond donors (Lipinski definition) is 0. The van der Waals surface area contributed by atoms with Gasteiger partial charge in [-0.3, -0.25) is 0 Å². The van der Waals surface area contributed by atoms with Crippen LogP contribution in [0.4, 0.5) is 0 Å². The summed E-state index contributed by atoms with van der Waals surface area (Å²) in [4.78, 5) is 0. The van der Waals surface area contributed by atoms with Crippen molar-refractivity contribution in [1.82, 2.24) is 0 Å². The molecule has 0 aliphatic heterocycles. The van der Waals surface area contributed by atoms with Crippen molar-refractivity contribution in [1.29, 1.82) is 0 Å². The summed E-state index contributed by atoms with van der Waals surface area (Å²) in [5, 5.41) is 0. The maximum absolute atomic E-state index is 2.41. The lowest BCUT2D eigenvalue weighted by Crippen LogP contribution is -1.64. The first-order valence-electron chi connectivity index (χ1n) is 1.27. The number of halogens is 2. The summed E-state index contributed by atoms with van der Waals surface area (Å²) in [6.07, 6.45) is 1.07. The van der Waals surface area contributed by atoms with E-state index in [1.54, 1.807) is 0 Å². The quantitative estimate of drug-likeness (QED) is 0.397. The average molecular weight is 314 g/mol. The first kappa shape index (κ1) is 6.89. The van der Waals surface area contributed by atoms with Crippen LogP contribution in [0.2, 0.25) is 0 Å². The lowest BCUT2D eigenvalue weighted by Gasteiger charge is -1.86. The SMILES string of the molecule is CC(I)PI. The van der Waals surface area contributed by atoms with Crippen molar-refractivity contribution in [3.8, 4) is 0 Å². The molecular formula is C2H5I2P. The third kappa shape index (κ3) is 5.89. The Labute approximate surface area is 60.9 Å². The second kappa shape index (κ2) is 4.06. The third-order valence-corrected chi connectivity index (χ3v) is 7.76. The maximum Gasteiger partial charge on any atom is 0.0346 e. The zero-order chi connectivity index (χ0) is 4.28. The Balaban J connectivity index is 2.54. The molecule has 0 aliphatic carbocycles. The van der Waals surface area contributed by atoms with Crippen molar-refractivity contribution in [3.63, 3.8) is 0 Å². The second-order valence-corrected chi connectivity index (χ2v) is 6.72. The molecule has 0 amide bonds. The fraction of sp³-hybridized carbons (Fsp3) is 1.00. The van der Waals surface area contributed by atoms with Gasteiger partial charge in [0.2, 0.25) is 0 Å². The molecular weight excluding hydrogens is 309 g/mol. The van der Waals surface area contributed by atoms with Crippen LogP contribution in [0.5, 0.6) is 0 Å². The fourth-order valence-electron chi connectivity index (χ4n) is 0. The van der Waals surface area contributed by atoms with Gasteiger partial charge >= 0.3 is 0 Å². The van der Waals surface area contributed by atoms with Gasteiger partial charge in [0.05, 0.1) is 0 Å². The highest BCUT2D eigenvalue weighted by Gasteiger charge is 1.83. The van der Waals surface area contributed by atoms with E-state index in [1.807, 2.05) is 0 Å². The van der Waals surface area contributed by atoms with Crippen molar-refractivity contribution < 1.29 is 0 Å². The molecule has 0 N–H and O–H groups in total. The van der Waals surface area contributed by atoms with Crippen molar-refractivity contribution in [2.24, 2.45) is 0 Å². The van der Waals surface area contributed by atoms with E-state index in [0.29, 0.717) is 0 Å². The summed E-state index contributed by atoms with van der Waals surface area (Å²) in [6, 6.07) is 0. The predicted octanol–water partition coefficient (Wildman–Crippen LogP) is 2.80. The normalized spacial score (nSPS) is 17.4. The average Bonchev–Trinajstić information content (AvgIpc) is 1.38. The Hall–Kier alpha value is 1.89. The molecule has 0 aromatic rings. The van der Waals surface area contributed by atoms with Gasteiger partial charge < -0.3 is 0 Å². The van der Waals surface area contributed by atoms with Crippen LogP contribution in [0.3, 0.4) is 0 Å². The second-order valence-electron chi connectivity index (χ2n) is 0.725. The lowest BCUT2D eigenvalue weighted by molar-refractivity contribution is 1.48.